The van der Waals surface area contributed by atoms with Gasteiger partial charge in [-0.3, -0.25) is 0 Å². The molecule has 0 saturated carbocycles. The number of nitrogens with zero attached hydrogens (tertiary/aromatic N) is 1. The first-order valence-corrected chi connectivity index (χ1v) is 5.38. The number of nitrogens with two attached hydrogens (primary N) is 1. The van der Waals surface area contributed by atoms with Crippen LogP contribution in [0.5, 0.6) is 0 Å². The lowest BCUT2D eigenvalue weighted by Gasteiger charge is -2.09. The summed E-state index contributed by atoms with van der Waals surface area (Å²) in [5, 5.41) is 12.9. The van der Waals surface area contributed by atoms with E-state index in [4.69, 9.17) is 5.84 Å². The van der Waals surface area contributed by atoms with Crippen molar-refractivity contribution in [3.63, 3.8) is 0 Å². The van der Waals surface area contributed by atoms with Gasteiger partial charge in [-0.1, -0.05) is 48.5 Å². The zero-order chi connectivity index (χ0) is 12.1. The molecule has 0 aliphatic rings. The van der Waals surface area contributed by atoms with Gasteiger partial charge < -0.3 is 10.9 Å². The van der Waals surface area contributed by atoms with Crippen molar-refractivity contribution in [3.05, 3.63) is 59.7 Å². The van der Waals surface area contributed by atoms with Gasteiger partial charge in [0.25, 0.3) is 0 Å². The van der Waals surface area contributed by atoms with Crippen LogP contribution in [0.3, 0.4) is 0 Å². The molecular formula is C14H14N2O. The maximum Gasteiger partial charge on any atom is 0.0687 e. The molecule has 0 radical (unpaired) electrons. The van der Waals surface area contributed by atoms with E-state index in [1.54, 1.807) is 6.21 Å². The van der Waals surface area contributed by atoms with Crippen LogP contribution in [0, 0.1) is 0 Å². The van der Waals surface area contributed by atoms with Crippen LogP contribution in [0.25, 0.3) is 11.1 Å². The summed E-state index contributed by atoms with van der Waals surface area (Å²) in [5.74, 6) is 5.20. The Kier molecular flexibility index (Phi) is 3.52. The van der Waals surface area contributed by atoms with E-state index in [-0.39, 0.29) is 6.61 Å². The summed E-state index contributed by atoms with van der Waals surface area (Å²) in [7, 11) is 0. The average molecular weight is 226 g/mol. The van der Waals surface area contributed by atoms with E-state index in [0.717, 1.165) is 22.3 Å². The third-order valence-corrected chi connectivity index (χ3v) is 2.65. The van der Waals surface area contributed by atoms with Crippen molar-refractivity contribution in [2.24, 2.45) is 10.9 Å². The molecule has 86 valence electrons. The standard InChI is InChI=1S/C14H14N2O/c15-16-9-11-5-1-3-7-13(11)14-8-4-2-6-12(14)10-17/h1-9,17H,10,15H2. The molecule has 2 aromatic rings. The fourth-order valence-electron chi connectivity index (χ4n) is 1.86. The maximum absolute atomic E-state index is 9.34. The first-order valence-electron chi connectivity index (χ1n) is 5.38. The van der Waals surface area contributed by atoms with Crippen molar-refractivity contribution >= 4 is 6.21 Å². The number of benzene rings is 2. The van der Waals surface area contributed by atoms with Crippen LogP contribution in [-0.2, 0) is 6.61 Å². The molecule has 3 N–H and O–H groups in total. The van der Waals surface area contributed by atoms with Gasteiger partial charge in [0.1, 0.15) is 0 Å². The van der Waals surface area contributed by atoms with Gasteiger partial charge in [0.15, 0.2) is 0 Å². The summed E-state index contributed by atoms with van der Waals surface area (Å²) in [6.07, 6.45) is 1.61. The second-order valence-electron chi connectivity index (χ2n) is 3.68. The Morgan fingerprint density at radius 3 is 2.35 bits per heavy atom. The fraction of sp³-hybridized carbons (Fsp3) is 0.0714. The van der Waals surface area contributed by atoms with Crippen LogP contribution in [0.1, 0.15) is 11.1 Å². The van der Waals surface area contributed by atoms with Gasteiger partial charge >= 0.3 is 0 Å². The molecular weight excluding hydrogens is 212 g/mol. The van der Waals surface area contributed by atoms with Crippen LogP contribution in [0.2, 0.25) is 0 Å². The second kappa shape index (κ2) is 5.27. The highest BCUT2D eigenvalue weighted by atomic mass is 16.3. The van der Waals surface area contributed by atoms with Gasteiger partial charge in [-0.05, 0) is 16.7 Å². The number of hydrazone groups is 1. The van der Waals surface area contributed by atoms with Crippen LogP contribution in [-0.4, -0.2) is 11.3 Å². The maximum atomic E-state index is 9.34. The van der Waals surface area contributed by atoms with Crippen molar-refractivity contribution in [1.82, 2.24) is 0 Å². The summed E-state index contributed by atoms with van der Waals surface area (Å²) in [5.41, 5.74) is 3.86. The fourth-order valence-corrected chi connectivity index (χ4v) is 1.86. The Morgan fingerprint density at radius 1 is 1.00 bits per heavy atom. The highest BCUT2D eigenvalue weighted by Crippen LogP contribution is 2.26. The molecule has 0 aliphatic carbocycles. The van der Waals surface area contributed by atoms with E-state index in [9.17, 15) is 5.11 Å². The van der Waals surface area contributed by atoms with Crippen molar-refractivity contribution < 1.29 is 5.11 Å². The predicted octanol–water partition coefficient (Wildman–Crippen LogP) is 2.14. The number of hydrogen-bond acceptors (Lipinski definition) is 3. The van der Waals surface area contributed by atoms with Crippen molar-refractivity contribution in [2.75, 3.05) is 0 Å². The Bertz CT molecular complexity index is 535. The molecule has 0 bridgehead atoms. The molecule has 0 aliphatic heterocycles. The molecule has 3 heteroatoms. The monoisotopic (exact) mass is 226 g/mol. The zero-order valence-corrected chi connectivity index (χ0v) is 9.38. The van der Waals surface area contributed by atoms with Gasteiger partial charge in [-0.25, -0.2) is 0 Å². The van der Waals surface area contributed by atoms with E-state index in [1.165, 1.54) is 0 Å². The van der Waals surface area contributed by atoms with E-state index in [0.29, 0.717) is 0 Å². The van der Waals surface area contributed by atoms with E-state index >= 15 is 0 Å². The Hall–Kier alpha value is -2.13. The molecule has 3 nitrogen and oxygen atoms in total. The quantitative estimate of drug-likeness (QED) is 0.478. The molecule has 0 spiro atoms. The van der Waals surface area contributed by atoms with Gasteiger partial charge in [0, 0.05) is 5.56 Å². The van der Waals surface area contributed by atoms with Crippen LogP contribution >= 0.6 is 0 Å². The third-order valence-electron chi connectivity index (χ3n) is 2.65. The topological polar surface area (TPSA) is 58.6 Å². The van der Waals surface area contributed by atoms with Gasteiger partial charge in [-0.2, -0.15) is 5.10 Å². The molecule has 0 atom stereocenters. The highest BCUT2D eigenvalue weighted by Gasteiger charge is 2.06. The van der Waals surface area contributed by atoms with E-state index < -0.39 is 0 Å². The molecule has 0 fully saturated rings. The molecule has 0 saturated heterocycles. The summed E-state index contributed by atoms with van der Waals surface area (Å²) in [4.78, 5) is 0. The first-order chi connectivity index (χ1) is 8.36. The van der Waals surface area contributed by atoms with Crippen LogP contribution in [0.4, 0.5) is 0 Å². The summed E-state index contributed by atoms with van der Waals surface area (Å²) in [6, 6.07) is 15.6. The second-order valence-corrected chi connectivity index (χ2v) is 3.68. The number of aliphatic hydroxyl groups is 1. The van der Waals surface area contributed by atoms with E-state index in [2.05, 4.69) is 5.10 Å². The molecule has 0 unspecified atom stereocenters. The minimum atomic E-state index is 0.0181. The number of hydrogen-bond donors (Lipinski definition) is 2. The van der Waals surface area contributed by atoms with Gasteiger partial charge in [0.05, 0.1) is 12.8 Å². The normalized spacial score (nSPS) is 10.9. The average Bonchev–Trinajstić information content (AvgIpc) is 2.40. The van der Waals surface area contributed by atoms with E-state index in [1.807, 2.05) is 48.5 Å². The SMILES string of the molecule is NN=Cc1ccccc1-c1ccccc1CO. The Balaban J connectivity index is 2.60. The summed E-state index contributed by atoms with van der Waals surface area (Å²) < 4.78 is 0. The van der Waals surface area contributed by atoms with Gasteiger partial charge in [0.2, 0.25) is 0 Å². The van der Waals surface area contributed by atoms with Crippen molar-refractivity contribution in [2.45, 2.75) is 6.61 Å². The van der Waals surface area contributed by atoms with Gasteiger partial charge in [-0.15, -0.1) is 0 Å². The lowest BCUT2D eigenvalue weighted by atomic mass is 9.96. The molecule has 0 heterocycles. The lowest BCUT2D eigenvalue weighted by Crippen LogP contribution is -1.94. The Labute approximate surface area is 100 Å². The van der Waals surface area contributed by atoms with Crippen LogP contribution in [0.15, 0.2) is 53.6 Å². The minimum Gasteiger partial charge on any atom is -0.392 e. The molecule has 2 rings (SSSR count). The molecule has 17 heavy (non-hydrogen) atoms. The minimum absolute atomic E-state index is 0.0181. The largest absolute Gasteiger partial charge is 0.392 e. The number of rotatable bonds is 3. The molecule has 2 aromatic carbocycles. The predicted molar refractivity (Wildman–Crippen MR) is 69.6 cm³/mol. The summed E-state index contributed by atoms with van der Waals surface area (Å²) in [6.45, 7) is 0.0181. The Morgan fingerprint density at radius 2 is 1.65 bits per heavy atom. The lowest BCUT2D eigenvalue weighted by molar-refractivity contribution is 0.282. The summed E-state index contributed by atoms with van der Waals surface area (Å²) >= 11 is 0. The molecule has 0 amide bonds. The zero-order valence-electron chi connectivity index (χ0n) is 9.38. The highest BCUT2D eigenvalue weighted by molar-refractivity contribution is 5.90. The number of aliphatic hydroxyl groups excluding tert-OH is 1. The third kappa shape index (κ3) is 2.34. The van der Waals surface area contributed by atoms with Crippen molar-refractivity contribution in [3.8, 4) is 11.1 Å². The van der Waals surface area contributed by atoms with Crippen LogP contribution < -0.4 is 5.84 Å². The molecule has 0 aromatic heterocycles. The van der Waals surface area contributed by atoms with Crippen molar-refractivity contribution in [1.29, 1.82) is 0 Å². The smallest absolute Gasteiger partial charge is 0.0687 e. The first kappa shape index (κ1) is 11.4.